The monoisotopic (exact) mass is 295 g/mol. The standard InChI is InChI=1S/C16H29N3S/c1-13(2)16(19-8-6-18(4)7-9-19)11-17-14(3)15-5-10-20-12-15/h5,10,12-14,16-17H,6-9,11H2,1-4H3. The zero-order valence-corrected chi connectivity index (χ0v) is 14.1. The lowest BCUT2D eigenvalue weighted by atomic mass is 10.0. The van der Waals surface area contributed by atoms with Gasteiger partial charge in [0.2, 0.25) is 0 Å². The Hall–Kier alpha value is -0.420. The highest BCUT2D eigenvalue weighted by Gasteiger charge is 2.25. The van der Waals surface area contributed by atoms with Crippen molar-refractivity contribution >= 4 is 11.3 Å². The van der Waals surface area contributed by atoms with Gasteiger partial charge < -0.3 is 10.2 Å². The Labute approximate surface area is 128 Å². The number of hydrogen-bond acceptors (Lipinski definition) is 4. The van der Waals surface area contributed by atoms with Crippen molar-refractivity contribution in [3.8, 4) is 0 Å². The third-order valence-electron chi connectivity index (χ3n) is 4.45. The van der Waals surface area contributed by atoms with Crippen molar-refractivity contribution in [1.82, 2.24) is 15.1 Å². The average molecular weight is 295 g/mol. The smallest absolute Gasteiger partial charge is 0.0300 e. The van der Waals surface area contributed by atoms with Crippen LogP contribution in [0.15, 0.2) is 16.8 Å². The quantitative estimate of drug-likeness (QED) is 0.870. The Balaban J connectivity index is 1.86. The van der Waals surface area contributed by atoms with E-state index in [4.69, 9.17) is 0 Å². The van der Waals surface area contributed by atoms with Gasteiger partial charge in [-0.2, -0.15) is 11.3 Å². The Morgan fingerprint density at radius 1 is 1.20 bits per heavy atom. The van der Waals surface area contributed by atoms with Gasteiger partial charge in [0.05, 0.1) is 0 Å². The first kappa shape index (κ1) is 16.0. The number of thiophene rings is 1. The van der Waals surface area contributed by atoms with E-state index < -0.39 is 0 Å². The number of likely N-dealkylation sites (N-methyl/N-ethyl adjacent to an activating group) is 1. The lowest BCUT2D eigenvalue weighted by molar-refractivity contribution is 0.0863. The highest BCUT2D eigenvalue weighted by Crippen LogP contribution is 2.18. The molecule has 0 aromatic carbocycles. The highest BCUT2D eigenvalue weighted by molar-refractivity contribution is 7.07. The topological polar surface area (TPSA) is 18.5 Å². The van der Waals surface area contributed by atoms with Crippen LogP contribution in [0.2, 0.25) is 0 Å². The van der Waals surface area contributed by atoms with Crippen LogP contribution in [-0.2, 0) is 0 Å². The molecule has 0 saturated carbocycles. The molecular formula is C16H29N3S. The van der Waals surface area contributed by atoms with E-state index in [1.165, 1.54) is 31.7 Å². The summed E-state index contributed by atoms with van der Waals surface area (Å²) >= 11 is 1.78. The minimum atomic E-state index is 0.454. The summed E-state index contributed by atoms with van der Waals surface area (Å²) in [6.07, 6.45) is 0. The van der Waals surface area contributed by atoms with E-state index in [2.05, 4.69) is 59.8 Å². The summed E-state index contributed by atoms with van der Waals surface area (Å²) in [5.41, 5.74) is 1.41. The molecule has 2 unspecified atom stereocenters. The van der Waals surface area contributed by atoms with Crippen LogP contribution in [-0.4, -0.2) is 55.6 Å². The van der Waals surface area contributed by atoms with Gasteiger partial charge in [0.25, 0.3) is 0 Å². The molecule has 1 saturated heterocycles. The summed E-state index contributed by atoms with van der Waals surface area (Å²) in [4.78, 5) is 5.09. The van der Waals surface area contributed by atoms with Crippen molar-refractivity contribution in [3.05, 3.63) is 22.4 Å². The molecule has 1 N–H and O–H groups in total. The van der Waals surface area contributed by atoms with Crippen molar-refractivity contribution in [2.45, 2.75) is 32.9 Å². The lowest BCUT2D eigenvalue weighted by Gasteiger charge is -2.40. The molecule has 3 nitrogen and oxygen atoms in total. The van der Waals surface area contributed by atoms with Gasteiger partial charge in [-0.1, -0.05) is 13.8 Å². The molecule has 0 bridgehead atoms. The first-order valence-electron chi connectivity index (χ1n) is 7.76. The zero-order chi connectivity index (χ0) is 14.5. The van der Waals surface area contributed by atoms with Gasteiger partial charge in [0, 0.05) is 44.8 Å². The minimum absolute atomic E-state index is 0.454. The van der Waals surface area contributed by atoms with E-state index in [0.717, 1.165) is 6.54 Å². The second-order valence-electron chi connectivity index (χ2n) is 6.34. The summed E-state index contributed by atoms with van der Waals surface area (Å²) < 4.78 is 0. The van der Waals surface area contributed by atoms with Crippen LogP contribution in [0.25, 0.3) is 0 Å². The van der Waals surface area contributed by atoms with Crippen LogP contribution in [0.4, 0.5) is 0 Å². The molecule has 2 heterocycles. The molecular weight excluding hydrogens is 266 g/mol. The Kier molecular flexibility index (Phi) is 6.02. The van der Waals surface area contributed by atoms with Crippen molar-refractivity contribution < 1.29 is 0 Å². The Morgan fingerprint density at radius 3 is 2.45 bits per heavy atom. The number of nitrogens with zero attached hydrogens (tertiary/aromatic N) is 2. The fourth-order valence-electron chi connectivity index (χ4n) is 2.88. The summed E-state index contributed by atoms with van der Waals surface area (Å²) in [7, 11) is 2.22. The molecule has 1 aromatic heterocycles. The molecule has 0 amide bonds. The molecule has 1 aliphatic rings. The van der Waals surface area contributed by atoms with Crippen LogP contribution < -0.4 is 5.32 Å². The molecule has 1 fully saturated rings. The highest BCUT2D eigenvalue weighted by atomic mass is 32.1. The van der Waals surface area contributed by atoms with Crippen molar-refractivity contribution in [3.63, 3.8) is 0 Å². The largest absolute Gasteiger partial charge is 0.309 e. The first-order valence-corrected chi connectivity index (χ1v) is 8.70. The lowest BCUT2D eigenvalue weighted by Crippen LogP contribution is -2.53. The maximum absolute atomic E-state index is 3.73. The summed E-state index contributed by atoms with van der Waals surface area (Å²) in [5, 5.41) is 8.13. The maximum Gasteiger partial charge on any atom is 0.0300 e. The molecule has 1 aromatic rings. The maximum atomic E-state index is 3.73. The van der Waals surface area contributed by atoms with Crippen molar-refractivity contribution in [2.24, 2.45) is 5.92 Å². The third-order valence-corrected chi connectivity index (χ3v) is 5.15. The summed E-state index contributed by atoms with van der Waals surface area (Å²) in [6.45, 7) is 12.8. The van der Waals surface area contributed by atoms with E-state index >= 15 is 0 Å². The molecule has 20 heavy (non-hydrogen) atoms. The third kappa shape index (κ3) is 4.29. The fraction of sp³-hybridized carbons (Fsp3) is 0.750. The second-order valence-corrected chi connectivity index (χ2v) is 7.12. The van der Waals surface area contributed by atoms with Gasteiger partial charge in [0.15, 0.2) is 0 Å². The van der Waals surface area contributed by atoms with E-state index in [0.29, 0.717) is 18.0 Å². The second kappa shape index (κ2) is 7.55. The van der Waals surface area contributed by atoms with Gasteiger partial charge in [-0.3, -0.25) is 4.90 Å². The minimum Gasteiger partial charge on any atom is -0.309 e. The van der Waals surface area contributed by atoms with Crippen molar-refractivity contribution in [2.75, 3.05) is 39.8 Å². The number of hydrogen-bond donors (Lipinski definition) is 1. The van der Waals surface area contributed by atoms with E-state index in [9.17, 15) is 0 Å². The van der Waals surface area contributed by atoms with Gasteiger partial charge in [0.1, 0.15) is 0 Å². The number of nitrogens with one attached hydrogen (secondary N) is 1. The zero-order valence-electron chi connectivity index (χ0n) is 13.3. The molecule has 1 aliphatic heterocycles. The molecule has 0 aliphatic carbocycles. The molecule has 2 rings (SSSR count). The van der Waals surface area contributed by atoms with E-state index in [1.54, 1.807) is 11.3 Å². The summed E-state index contributed by atoms with van der Waals surface area (Å²) in [5.74, 6) is 0.695. The van der Waals surface area contributed by atoms with Crippen molar-refractivity contribution in [1.29, 1.82) is 0 Å². The van der Waals surface area contributed by atoms with Crippen LogP contribution in [0.5, 0.6) is 0 Å². The normalized spacial score (nSPS) is 21.2. The van der Waals surface area contributed by atoms with Crippen LogP contribution in [0, 0.1) is 5.92 Å². The van der Waals surface area contributed by atoms with Gasteiger partial charge >= 0.3 is 0 Å². The van der Waals surface area contributed by atoms with Gasteiger partial charge in [-0.15, -0.1) is 0 Å². The van der Waals surface area contributed by atoms with Crippen LogP contribution in [0.1, 0.15) is 32.4 Å². The van der Waals surface area contributed by atoms with Gasteiger partial charge in [-0.25, -0.2) is 0 Å². The Morgan fingerprint density at radius 2 is 1.90 bits per heavy atom. The SMILES string of the molecule is CC(NCC(C(C)C)N1CCN(C)CC1)c1ccsc1. The van der Waals surface area contributed by atoms with E-state index in [1.807, 2.05) is 0 Å². The predicted octanol–water partition coefficient (Wildman–Crippen LogP) is 2.67. The molecule has 0 radical (unpaired) electrons. The van der Waals surface area contributed by atoms with E-state index in [-0.39, 0.29) is 0 Å². The fourth-order valence-corrected chi connectivity index (χ4v) is 3.63. The van der Waals surface area contributed by atoms with Crippen LogP contribution >= 0.6 is 11.3 Å². The first-order chi connectivity index (χ1) is 9.58. The van der Waals surface area contributed by atoms with Gasteiger partial charge in [-0.05, 0) is 42.3 Å². The van der Waals surface area contributed by atoms with Crippen LogP contribution in [0.3, 0.4) is 0 Å². The molecule has 114 valence electrons. The average Bonchev–Trinajstić information content (AvgIpc) is 2.94. The molecule has 4 heteroatoms. The Bertz CT molecular complexity index is 369. The number of piperazine rings is 1. The number of rotatable bonds is 6. The predicted molar refractivity (Wildman–Crippen MR) is 88.4 cm³/mol. The summed E-state index contributed by atoms with van der Waals surface area (Å²) in [6, 6.07) is 3.32. The molecule has 2 atom stereocenters. The molecule has 0 spiro atoms.